The SMILES string of the molecule is C[N+](C)(CNC(=O)F)CC(=O)O. The highest BCUT2D eigenvalue weighted by atomic mass is 19.1. The maximum absolute atomic E-state index is 11.7. The van der Waals surface area contributed by atoms with Gasteiger partial charge in [0.15, 0.2) is 13.2 Å². The van der Waals surface area contributed by atoms with Gasteiger partial charge in [-0.25, -0.2) is 9.59 Å². The normalized spacial score (nSPS) is 10.9. The fourth-order valence-electron chi connectivity index (χ4n) is 0.698. The number of amides is 1. The molecule has 0 fully saturated rings. The summed E-state index contributed by atoms with van der Waals surface area (Å²) >= 11 is 0. The third-order valence-electron chi connectivity index (χ3n) is 1.21. The van der Waals surface area contributed by atoms with Crippen molar-refractivity contribution in [3.63, 3.8) is 0 Å². The van der Waals surface area contributed by atoms with Gasteiger partial charge in [-0.1, -0.05) is 0 Å². The Morgan fingerprint density at radius 2 is 2.00 bits per heavy atom. The van der Waals surface area contributed by atoms with Gasteiger partial charge < -0.3 is 9.59 Å². The molecule has 0 bridgehead atoms. The van der Waals surface area contributed by atoms with Crippen molar-refractivity contribution >= 4 is 12.1 Å². The average Bonchev–Trinajstić information content (AvgIpc) is 1.81. The molecule has 12 heavy (non-hydrogen) atoms. The number of hydrogen-bond donors (Lipinski definition) is 2. The summed E-state index contributed by atoms with van der Waals surface area (Å²) in [4.78, 5) is 20.1. The quantitative estimate of drug-likeness (QED) is 0.271. The zero-order chi connectivity index (χ0) is 9.78. The smallest absolute Gasteiger partial charge is 0.401 e. The van der Waals surface area contributed by atoms with Crippen LogP contribution in [0, 0.1) is 0 Å². The first-order valence-corrected chi connectivity index (χ1v) is 3.30. The number of halogens is 1. The summed E-state index contributed by atoms with van der Waals surface area (Å²) in [6, 6.07) is 0. The molecule has 0 saturated heterocycles. The van der Waals surface area contributed by atoms with E-state index in [1.807, 2.05) is 5.32 Å². The molecule has 5 nitrogen and oxygen atoms in total. The third-order valence-corrected chi connectivity index (χ3v) is 1.21. The van der Waals surface area contributed by atoms with E-state index < -0.39 is 12.1 Å². The summed E-state index contributed by atoms with van der Waals surface area (Å²) in [5.41, 5.74) is 0. The van der Waals surface area contributed by atoms with Crippen molar-refractivity contribution in [3.05, 3.63) is 0 Å². The van der Waals surface area contributed by atoms with Crippen LogP contribution >= 0.6 is 0 Å². The van der Waals surface area contributed by atoms with E-state index in [4.69, 9.17) is 5.11 Å². The minimum Gasteiger partial charge on any atom is -0.477 e. The fourth-order valence-corrected chi connectivity index (χ4v) is 0.698. The monoisotopic (exact) mass is 179 g/mol. The van der Waals surface area contributed by atoms with Crippen LogP contribution in [0.5, 0.6) is 0 Å². The number of carboxylic acids is 1. The lowest BCUT2D eigenvalue weighted by molar-refractivity contribution is -0.884. The second-order valence-electron chi connectivity index (χ2n) is 3.10. The number of quaternary nitrogens is 1. The number of aliphatic carboxylic acids is 1. The third kappa shape index (κ3) is 5.60. The molecule has 1 amide bonds. The zero-order valence-corrected chi connectivity index (χ0v) is 7.00. The molecule has 0 rings (SSSR count). The van der Waals surface area contributed by atoms with Crippen molar-refractivity contribution < 1.29 is 23.6 Å². The number of carbonyl (C=O) groups is 2. The lowest BCUT2D eigenvalue weighted by atomic mass is 10.5. The molecule has 0 saturated carbocycles. The van der Waals surface area contributed by atoms with E-state index in [1.165, 1.54) is 0 Å². The van der Waals surface area contributed by atoms with Crippen molar-refractivity contribution in [2.24, 2.45) is 0 Å². The molecule has 0 heterocycles. The largest absolute Gasteiger partial charge is 0.477 e. The Kier molecular flexibility index (Phi) is 3.62. The number of hydrogen-bond acceptors (Lipinski definition) is 2. The van der Waals surface area contributed by atoms with Crippen molar-refractivity contribution in [2.75, 3.05) is 27.3 Å². The van der Waals surface area contributed by atoms with Crippen LogP contribution in [0.4, 0.5) is 9.18 Å². The molecule has 70 valence electrons. The zero-order valence-electron chi connectivity index (χ0n) is 7.00. The molecule has 0 spiro atoms. The average molecular weight is 179 g/mol. The summed E-state index contributed by atoms with van der Waals surface area (Å²) in [5.74, 6) is -0.992. The Balaban J connectivity index is 3.86. The van der Waals surface area contributed by atoms with Gasteiger partial charge in [0.25, 0.3) is 0 Å². The molecule has 0 aromatic carbocycles. The Morgan fingerprint density at radius 3 is 2.33 bits per heavy atom. The molecule has 0 aliphatic carbocycles. The van der Waals surface area contributed by atoms with Gasteiger partial charge in [-0.2, -0.15) is 0 Å². The Labute approximate surface area is 69.4 Å². The first kappa shape index (κ1) is 10.8. The predicted molar refractivity (Wildman–Crippen MR) is 39.1 cm³/mol. The Bertz CT molecular complexity index is 193. The predicted octanol–water partition coefficient (Wildman–Crippen LogP) is -0.216. The van der Waals surface area contributed by atoms with Gasteiger partial charge in [-0.15, -0.1) is 4.39 Å². The molecule has 2 N–H and O–H groups in total. The van der Waals surface area contributed by atoms with Gasteiger partial charge in [0.1, 0.15) is 0 Å². The van der Waals surface area contributed by atoms with Gasteiger partial charge >= 0.3 is 12.1 Å². The second kappa shape index (κ2) is 4.01. The summed E-state index contributed by atoms with van der Waals surface area (Å²) in [5, 5.41) is 10.3. The van der Waals surface area contributed by atoms with Crippen LogP contribution in [-0.2, 0) is 4.79 Å². The lowest BCUT2D eigenvalue weighted by Crippen LogP contribution is -2.50. The van der Waals surface area contributed by atoms with E-state index in [0.717, 1.165) is 0 Å². The maximum Gasteiger partial charge on any atom is 0.401 e. The molecule has 6 heteroatoms. The van der Waals surface area contributed by atoms with Gasteiger partial charge in [0.05, 0.1) is 14.1 Å². The molecule has 0 radical (unpaired) electrons. The van der Waals surface area contributed by atoms with Crippen LogP contribution in [0.25, 0.3) is 0 Å². The number of likely N-dealkylation sites (N-methyl/N-ethyl adjacent to an activating group) is 1. The van der Waals surface area contributed by atoms with Crippen molar-refractivity contribution in [3.8, 4) is 0 Å². The van der Waals surface area contributed by atoms with Crippen LogP contribution in [0.15, 0.2) is 0 Å². The molecular weight excluding hydrogens is 167 g/mol. The van der Waals surface area contributed by atoms with Gasteiger partial charge in [-0.05, 0) is 0 Å². The van der Waals surface area contributed by atoms with E-state index in [2.05, 4.69) is 0 Å². The van der Waals surface area contributed by atoms with Crippen molar-refractivity contribution in [1.29, 1.82) is 0 Å². The summed E-state index contributed by atoms with van der Waals surface area (Å²) in [6.45, 7) is -0.206. The van der Waals surface area contributed by atoms with E-state index in [1.54, 1.807) is 14.1 Å². The second-order valence-corrected chi connectivity index (χ2v) is 3.10. The van der Waals surface area contributed by atoms with Gasteiger partial charge in [-0.3, -0.25) is 5.32 Å². The van der Waals surface area contributed by atoms with E-state index in [-0.39, 0.29) is 17.7 Å². The van der Waals surface area contributed by atoms with Crippen LogP contribution in [0.1, 0.15) is 0 Å². The van der Waals surface area contributed by atoms with E-state index in [0.29, 0.717) is 0 Å². The highest BCUT2D eigenvalue weighted by molar-refractivity contribution is 5.68. The maximum atomic E-state index is 11.7. The van der Waals surface area contributed by atoms with Crippen molar-refractivity contribution in [1.82, 2.24) is 5.32 Å². The summed E-state index contributed by atoms with van der Waals surface area (Å²) in [6.07, 6.45) is -1.65. The highest BCUT2D eigenvalue weighted by Crippen LogP contribution is 1.93. The molecule has 0 aliphatic rings. The van der Waals surface area contributed by atoms with Crippen LogP contribution in [-0.4, -0.2) is 49.0 Å². The van der Waals surface area contributed by atoms with E-state index in [9.17, 15) is 14.0 Å². The molecule has 0 unspecified atom stereocenters. The number of rotatable bonds is 4. The Hall–Kier alpha value is -1.17. The molecule has 0 atom stereocenters. The summed E-state index contributed by atoms with van der Waals surface area (Å²) < 4.78 is 11.7. The molecule has 0 aromatic rings. The molecule has 0 aromatic heterocycles. The number of nitrogens with zero attached hydrogens (tertiary/aromatic N) is 1. The van der Waals surface area contributed by atoms with E-state index >= 15 is 0 Å². The van der Waals surface area contributed by atoms with Crippen molar-refractivity contribution in [2.45, 2.75) is 0 Å². The fraction of sp³-hybridized carbons (Fsp3) is 0.667. The standard InChI is InChI=1S/C6H11FN2O3/c1-9(2,3-5(10)11)4-8-6(7)12/h3-4H2,1-2H3,(H-,8,10,11,12)/p+1. The first-order valence-electron chi connectivity index (χ1n) is 3.30. The van der Waals surface area contributed by atoms with Crippen LogP contribution in [0.3, 0.4) is 0 Å². The topological polar surface area (TPSA) is 66.4 Å². The Morgan fingerprint density at radius 1 is 1.50 bits per heavy atom. The number of carbonyl (C=O) groups excluding carboxylic acids is 1. The molecular formula is C6H12FN2O3+. The van der Waals surface area contributed by atoms with Gasteiger partial charge in [0.2, 0.25) is 0 Å². The minimum absolute atomic E-state index is 0.00495. The lowest BCUT2D eigenvalue weighted by Gasteiger charge is -2.26. The first-order chi connectivity index (χ1) is 5.33. The van der Waals surface area contributed by atoms with Gasteiger partial charge in [0, 0.05) is 0 Å². The van der Waals surface area contributed by atoms with Crippen LogP contribution in [0.2, 0.25) is 0 Å². The minimum atomic E-state index is -1.65. The molecule has 0 aliphatic heterocycles. The number of nitrogens with one attached hydrogen (secondary N) is 1. The number of carboxylic acid groups (broad SMARTS) is 1. The van der Waals surface area contributed by atoms with Crippen LogP contribution < -0.4 is 5.32 Å². The summed E-state index contributed by atoms with van der Waals surface area (Å²) in [7, 11) is 3.15. The highest BCUT2D eigenvalue weighted by Gasteiger charge is 2.19.